The quantitative estimate of drug-likeness (QED) is 0.750. The Labute approximate surface area is 189 Å². The van der Waals surface area contributed by atoms with Crippen molar-refractivity contribution in [2.24, 2.45) is 11.8 Å². The number of hydrogen-bond acceptors (Lipinski definition) is 3. The molecular formula is C26H32FN3O2. The molecule has 0 radical (unpaired) electrons. The van der Waals surface area contributed by atoms with Gasteiger partial charge in [0, 0.05) is 51.3 Å². The van der Waals surface area contributed by atoms with E-state index in [-0.39, 0.29) is 23.7 Å². The fraction of sp³-hybridized carbons (Fsp3) is 0.462. The first kappa shape index (κ1) is 22.5. The molecule has 170 valence electrons. The lowest BCUT2D eigenvalue weighted by atomic mass is 10.0. The summed E-state index contributed by atoms with van der Waals surface area (Å²) in [5.74, 6) is 0.674. The summed E-state index contributed by atoms with van der Waals surface area (Å²) >= 11 is 0. The maximum atomic E-state index is 13.9. The van der Waals surface area contributed by atoms with Gasteiger partial charge in [0.05, 0.1) is 0 Å². The van der Waals surface area contributed by atoms with Crippen LogP contribution in [0.5, 0.6) is 0 Å². The number of nitrogens with one attached hydrogen (secondary N) is 1. The molecule has 4 rings (SSSR count). The number of rotatable bonds is 6. The Morgan fingerprint density at radius 1 is 1.03 bits per heavy atom. The molecule has 2 aliphatic heterocycles. The van der Waals surface area contributed by atoms with Gasteiger partial charge in [-0.25, -0.2) is 4.39 Å². The number of carbonyl (C=O) groups is 2. The first-order chi connectivity index (χ1) is 15.3. The van der Waals surface area contributed by atoms with Crippen molar-refractivity contribution in [3.8, 4) is 0 Å². The molecule has 1 N–H and O–H groups in total. The summed E-state index contributed by atoms with van der Waals surface area (Å²) < 4.78 is 13.9. The molecule has 2 aromatic carbocycles. The zero-order valence-corrected chi connectivity index (χ0v) is 19.1. The van der Waals surface area contributed by atoms with Gasteiger partial charge >= 0.3 is 0 Å². The van der Waals surface area contributed by atoms with Crippen LogP contribution in [0.1, 0.15) is 46.4 Å². The molecule has 0 saturated carbocycles. The lowest BCUT2D eigenvalue weighted by Crippen LogP contribution is -2.36. The normalized spacial score (nSPS) is 21.4. The third-order valence-electron chi connectivity index (χ3n) is 6.96. The fourth-order valence-corrected chi connectivity index (χ4v) is 5.42. The van der Waals surface area contributed by atoms with Crippen LogP contribution in [-0.2, 0) is 4.79 Å². The van der Waals surface area contributed by atoms with E-state index in [1.807, 2.05) is 43.0 Å². The van der Waals surface area contributed by atoms with Crippen molar-refractivity contribution in [3.63, 3.8) is 0 Å². The Hall–Kier alpha value is -2.73. The molecule has 32 heavy (non-hydrogen) atoms. The van der Waals surface area contributed by atoms with E-state index in [0.29, 0.717) is 18.4 Å². The van der Waals surface area contributed by atoms with Gasteiger partial charge < -0.3 is 10.2 Å². The van der Waals surface area contributed by atoms with E-state index >= 15 is 0 Å². The summed E-state index contributed by atoms with van der Waals surface area (Å²) in [7, 11) is 0. The predicted octanol–water partition coefficient (Wildman–Crippen LogP) is 3.71. The van der Waals surface area contributed by atoms with Crippen LogP contribution < -0.4 is 5.32 Å². The Morgan fingerprint density at radius 2 is 1.66 bits per heavy atom. The first-order valence-electron chi connectivity index (χ1n) is 11.4. The number of nitrogens with zero attached hydrogens (tertiary/aromatic N) is 2. The highest BCUT2D eigenvalue weighted by Gasteiger charge is 2.43. The topological polar surface area (TPSA) is 52.7 Å². The minimum atomic E-state index is -0.239. The first-order valence-corrected chi connectivity index (χ1v) is 11.4. The second-order valence-corrected chi connectivity index (χ2v) is 9.29. The summed E-state index contributed by atoms with van der Waals surface area (Å²) in [6, 6.07) is 12.8. The highest BCUT2D eigenvalue weighted by Crippen LogP contribution is 2.38. The van der Waals surface area contributed by atoms with Crippen molar-refractivity contribution in [1.29, 1.82) is 0 Å². The molecule has 0 aromatic heterocycles. The molecule has 5 nitrogen and oxygen atoms in total. The summed E-state index contributed by atoms with van der Waals surface area (Å²) in [4.78, 5) is 29.0. The third-order valence-corrected chi connectivity index (χ3v) is 6.96. The molecular weight excluding hydrogens is 405 g/mol. The van der Waals surface area contributed by atoms with Gasteiger partial charge in [-0.15, -0.1) is 0 Å². The van der Waals surface area contributed by atoms with Gasteiger partial charge in [-0.3, -0.25) is 14.5 Å². The van der Waals surface area contributed by atoms with Crippen LogP contribution in [0.2, 0.25) is 0 Å². The molecule has 2 amide bonds. The molecule has 0 spiro atoms. The maximum Gasteiger partial charge on any atom is 0.254 e. The molecule has 0 bridgehead atoms. The van der Waals surface area contributed by atoms with E-state index < -0.39 is 0 Å². The Kier molecular flexibility index (Phi) is 6.60. The predicted molar refractivity (Wildman–Crippen MR) is 123 cm³/mol. The maximum absolute atomic E-state index is 13.9. The average molecular weight is 438 g/mol. The Bertz CT molecular complexity index is 974. The largest absolute Gasteiger partial charge is 0.356 e. The third kappa shape index (κ3) is 4.70. The van der Waals surface area contributed by atoms with Crippen molar-refractivity contribution < 1.29 is 14.0 Å². The van der Waals surface area contributed by atoms with E-state index in [1.54, 1.807) is 12.1 Å². The molecule has 3 atom stereocenters. The number of carbonyl (C=O) groups excluding carboxylic acids is 2. The molecule has 2 aliphatic rings. The second-order valence-electron chi connectivity index (χ2n) is 9.29. The average Bonchev–Trinajstić information content (AvgIpc) is 3.30. The number of benzene rings is 2. The van der Waals surface area contributed by atoms with Crippen LogP contribution in [0, 0.1) is 31.5 Å². The van der Waals surface area contributed by atoms with Gasteiger partial charge in [0.15, 0.2) is 0 Å². The van der Waals surface area contributed by atoms with Crippen LogP contribution in [0.15, 0.2) is 42.5 Å². The second kappa shape index (κ2) is 9.41. The zero-order valence-electron chi connectivity index (χ0n) is 19.1. The van der Waals surface area contributed by atoms with Gasteiger partial charge in [-0.2, -0.15) is 0 Å². The van der Waals surface area contributed by atoms with Crippen molar-refractivity contribution >= 4 is 11.8 Å². The number of amides is 2. The molecule has 2 fully saturated rings. The van der Waals surface area contributed by atoms with E-state index in [0.717, 1.165) is 54.9 Å². The van der Waals surface area contributed by atoms with E-state index in [2.05, 4.69) is 10.2 Å². The molecule has 6 heteroatoms. The monoisotopic (exact) mass is 437 g/mol. The fourth-order valence-electron chi connectivity index (χ4n) is 5.42. The summed E-state index contributed by atoms with van der Waals surface area (Å²) in [5, 5.41) is 2.87. The number of likely N-dealkylation sites (tertiary alicyclic amines) is 2. The van der Waals surface area contributed by atoms with Gasteiger partial charge in [0.25, 0.3) is 5.91 Å². The van der Waals surface area contributed by atoms with Crippen molar-refractivity contribution in [2.75, 3.05) is 32.7 Å². The molecule has 2 aromatic rings. The number of aryl methyl sites for hydroxylation is 2. The van der Waals surface area contributed by atoms with E-state index in [9.17, 15) is 14.0 Å². The van der Waals surface area contributed by atoms with Crippen LogP contribution in [0.25, 0.3) is 0 Å². The highest BCUT2D eigenvalue weighted by molar-refractivity contribution is 5.97. The number of fused-ring (bicyclic) bond motifs is 1. The molecule has 2 saturated heterocycles. The van der Waals surface area contributed by atoms with E-state index in [1.165, 1.54) is 13.0 Å². The highest BCUT2D eigenvalue weighted by atomic mass is 19.1. The smallest absolute Gasteiger partial charge is 0.254 e. The minimum Gasteiger partial charge on any atom is -0.356 e. The number of halogens is 1. The summed E-state index contributed by atoms with van der Waals surface area (Å²) in [6.45, 7) is 9.34. The van der Waals surface area contributed by atoms with Crippen LogP contribution in [0.3, 0.4) is 0 Å². The lowest BCUT2D eigenvalue weighted by Gasteiger charge is -2.30. The molecule has 0 aliphatic carbocycles. The standard InChI is InChI=1S/C26H32FN3O2/c1-17-6-4-7-18(2)25(17)26(32)30-15-21-13-29(14-22(21)16-30)24(10-11-28-19(3)31)20-8-5-9-23(27)12-20/h4-9,12,21-22,24H,10-11,13-16H2,1-3H3,(H,28,31)/t21?,22?,24-/m0/s1. The van der Waals surface area contributed by atoms with Crippen LogP contribution >= 0.6 is 0 Å². The number of hydrogen-bond donors (Lipinski definition) is 1. The van der Waals surface area contributed by atoms with Gasteiger partial charge in [0.2, 0.25) is 5.91 Å². The van der Waals surface area contributed by atoms with Crippen molar-refractivity contribution in [1.82, 2.24) is 15.1 Å². The zero-order chi connectivity index (χ0) is 22.8. The van der Waals surface area contributed by atoms with Gasteiger partial charge in [-0.1, -0.05) is 30.3 Å². The van der Waals surface area contributed by atoms with E-state index in [4.69, 9.17) is 0 Å². The Balaban J connectivity index is 1.45. The Morgan fingerprint density at radius 3 is 2.25 bits per heavy atom. The van der Waals surface area contributed by atoms with Crippen LogP contribution in [0.4, 0.5) is 4.39 Å². The SMILES string of the molecule is CC(=O)NCC[C@@H](c1cccc(F)c1)N1CC2CN(C(=O)c3c(C)cccc3C)CC2C1. The molecule has 2 unspecified atom stereocenters. The van der Waals surface area contributed by atoms with Crippen LogP contribution in [-0.4, -0.2) is 54.3 Å². The van der Waals surface area contributed by atoms with Gasteiger partial charge in [-0.05, 0) is 60.9 Å². The molecule has 2 heterocycles. The summed E-state index contributed by atoms with van der Waals surface area (Å²) in [5.41, 5.74) is 3.83. The van der Waals surface area contributed by atoms with Crippen molar-refractivity contribution in [3.05, 3.63) is 70.5 Å². The minimum absolute atomic E-state index is 0.0471. The summed E-state index contributed by atoms with van der Waals surface area (Å²) in [6.07, 6.45) is 0.730. The van der Waals surface area contributed by atoms with Crippen molar-refractivity contribution in [2.45, 2.75) is 33.2 Å². The van der Waals surface area contributed by atoms with Gasteiger partial charge in [0.1, 0.15) is 5.82 Å². The lowest BCUT2D eigenvalue weighted by molar-refractivity contribution is -0.119.